The quantitative estimate of drug-likeness (QED) is 0.769. The van der Waals surface area contributed by atoms with Crippen LogP contribution in [0.3, 0.4) is 0 Å². The first kappa shape index (κ1) is 17.0. The lowest BCUT2D eigenvalue weighted by Gasteiger charge is -2.31. The van der Waals surface area contributed by atoms with Gasteiger partial charge < -0.3 is 0 Å². The molecule has 0 bridgehead atoms. The fourth-order valence-corrected chi connectivity index (χ4v) is 3.87. The van der Waals surface area contributed by atoms with Gasteiger partial charge in [0, 0.05) is 6.54 Å². The maximum atomic E-state index is 9.10. The summed E-state index contributed by atoms with van der Waals surface area (Å²) in [6, 6.07) is 16.9. The number of aromatic nitrogens is 1. The molecule has 0 spiro atoms. The minimum Gasteiger partial charge on any atom is -0.297 e. The topological polar surface area (TPSA) is 39.9 Å². The van der Waals surface area contributed by atoms with E-state index in [1.54, 1.807) is 11.8 Å². The van der Waals surface area contributed by atoms with Gasteiger partial charge in [-0.3, -0.25) is 4.90 Å². The summed E-state index contributed by atoms with van der Waals surface area (Å²) in [6.07, 6.45) is 5.67. The molecule has 2 aromatic rings. The van der Waals surface area contributed by atoms with Crippen molar-refractivity contribution in [2.45, 2.75) is 30.8 Å². The molecule has 1 fully saturated rings. The van der Waals surface area contributed by atoms with Crippen LogP contribution in [0, 0.1) is 17.2 Å². The van der Waals surface area contributed by atoms with Gasteiger partial charge in [-0.1, -0.05) is 30.3 Å². The third-order valence-electron chi connectivity index (χ3n) is 4.69. The van der Waals surface area contributed by atoms with Gasteiger partial charge in [0.25, 0.3) is 0 Å². The third-order valence-corrected chi connectivity index (χ3v) is 5.39. The largest absolute Gasteiger partial charge is 0.297 e. The van der Waals surface area contributed by atoms with Crippen LogP contribution in [-0.4, -0.2) is 29.2 Å². The zero-order valence-corrected chi connectivity index (χ0v) is 14.9. The summed E-state index contributed by atoms with van der Waals surface area (Å²) in [6.45, 7) is 3.15. The van der Waals surface area contributed by atoms with E-state index in [-0.39, 0.29) is 0 Å². The Bertz CT molecular complexity index is 701. The zero-order chi connectivity index (χ0) is 16.8. The van der Waals surface area contributed by atoms with Crippen LogP contribution in [0.2, 0.25) is 0 Å². The molecule has 3 nitrogen and oxygen atoms in total. The first-order valence-corrected chi connectivity index (χ1v) is 9.71. The summed E-state index contributed by atoms with van der Waals surface area (Å²) in [5.74, 6) is 0.791. The minimum absolute atomic E-state index is 0.674. The first-order valence-electron chi connectivity index (χ1n) is 8.49. The molecule has 1 aromatic carbocycles. The Hall–Kier alpha value is -1.83. The zero-order valence-electron chi connectivity index (χ0n) is 14.1. The number of rotatable bonds is 5. The van der Waals surface area contributed by atoms with E-state index in [2.05, 4.69) is 46.3 Å². The normalized spacial score (nSPS) is 16.0. The van der Waals surface area contributed by atoms with Crippen LogP contribution in [-0.2, 0) is 13.0 Å². The Morgan fingerprint density at radius 3 is 2.58 bits per heavy atom. The summed E-state index contributed by atoms with van der Waals surface area (Å²) < 4.78 is 0. The second kappa shape index (κ2) is 8.32. The summed E-state index contributed by atoms with van der Waals surface area (Å²) in [7, 11) is 0. The van der Waals surface area contributed by atoms with Crippen molar-refractivity contribution in [3.05, 3.63) is 59.3 Å². The second-order valence-electron chi connectivity index (χ2n) is 6.38. The summed E-state index contributed by atoms with van der Waals surface area (Å²) in [5, 5.41) is 9.94. The van der Waals surface area contributed by atoms with Gasteiger partial charge in [-0.2, -0.15) is 5.26 Å². The van der Waals surface area contributed by atoms with Crippen molar-refractivity contribution in [2.24, 2.45) is 5.92 Å². The number of hydrogen-bond donors (Lipinski definition) is 0. The van der Waals surface area contributed by atoms with Crippen LogP contribution in [0.4, 0.5) is 0 Å². The Balaban J connectivity index is 1.53. The van der Waals surface area contributed by atoms with Gasteiger partial charge in [0.15, 0.2) is 0 Å². The number of pyridine rings is 1. The number of piperidine rings is 1. The van der Waals surface area contributed by atoms with Gasteiger partial charge in [0.05, 0.1) is 11.3 Å². The maximum Gasteiger partial charge on any atom is 0.114 e. The van der Waals surface area contributed by atoms with Crippen LogP contribution in [0.1, 0.15) is 29.7 Å². The van der Waals surface area contributed by atoms with Gasteiger partial charge in [0.2, 0.25) is 0 Å². The van der Waals surface area contributed by atoms with Gasteiger partial charge >= 0.3 is 0 Å². The predicted molar refractivity (Wildman–Crippen MR) is 98.9 cm³/mol. The van der Waals surface area contributed by atoms with E-state index in [9.17, 15) is 0 Å². The SMILES string of the molecule is CSc1nc(CN2CCC(Cc3ccccc3)CC2)ccc1C#N. The van der Waals surface area contributed by atoms with Crippen molar-refractivity contribution in [2.75, 3.05) is 19.3 Å². The van der Waals surface area contributed by atoms with Crippen LogP contribution in [0.25, 0.3) is 0 Å². The summed E-state index contributed by atoms with van der Waals surface area (Å²) in [4.78, 5) is 7.13. The fraction of sp³-hybridized carbons (Fsp3) is 0.400. The number of thioether (sulfide) groups is 1. The highest BCUT2D eigenvalue weighted by Crippen LogP contribution is 2.23. The first-order chi connectivity index (χ1) is 11.8. The van der Waals surface area contributed by atoms with Crippen molar-refractivity contribution >= 4 is 11.8 Å². The van der Waals surface area contributed by atoms with Crippen LogP contribution < -0.4 is 0 Å². The van der Waals surface area contributed by atoms with E-state index in [4.69, 9.17) is 5.26 Å². The van der Waals surface area contributed by atoms with Gasteiger partial charge in [-0.25, -0.2) is 4.98 Å². The van der Waals surface area contributed by atoms with E-state index < -0.39 is 0 Å². The fourth-order valence-electron chi connectivity index (χ4n) is 3.33. The maximum absolute atomic E-state index is 9.10. The van der Waals surface area contributed by atoms with Gasteiger partial charge in [-0.15, -0.1) is 11.8 Å². The van der Waals surface area contributed by atoms with Crippen molar-refractivity contribution < 1.29 is 0 Å². The molecule has 2 heterocycles. The van der Waals surface area contributed by atoms with Gasteiger partial charge in [-0.05, 0) is 62.2 Å². The highest BCUT2D eigenvalue weighted by Gasteiger charge is 2.20. The molecule has 1 aliphatic rings. The van der Waals surface area contributed by atoms with Crippen LogP contribution >= 0.6 is 11.8 Å². The molecule has 0 saturated carbocycles. The Morgan fingerprint density at radius 2 is 1.92 bits per heavy atom. The molecule has 4 heteroatoms. The molecule has 0 aliphatic carbocycles. The Labute approximate surface area is 148 Å². The molecule has 0 atom stereocenters. The van der Waals surface area contributed by atoms with Crippen molar-refractivity contribution in [1.29, 1.82) is 5.26 Å². The molecule has 0 N–H and O–H groups in total. The Morgan fingerprint density at radius 1 is 1.17 bits per heavy atom. The molecule has 0 unspecified atom stereocenters. The lowest BCUT2D eigenvalue weighted by molar-refractivity contribution is 0.175. The van der Waals surface area contributed by atoms with E-state index in [1.165, 1.54) is 24.8 Å². The van der Waals surface area contributed by atoms with Crippen molar-refractivity contribution in [3.63, 3.8) is 0 Å². The molecule has 24 heavy (non-hydrogen) atoms. The molecule has 124 valence electrons. The van der Waals surface area contributed by atoms with Gasteiger partial charge in [0.1, 0.15) is 11.1 Å². The van der Waals surface area contributed by atoms with Crippen LogP contribution in [0.5, 0.6) is 0 Å². The minimum atomic E-state index is 0.674. The summed E-state index contributed by atoms with van der Waals surface area (Å²) in [5.41, 5.74) is 3.20. The van der Waals surface area contributed by atoms with E-state index in [0.717, 1.165) is 36.3 Å². The lowest BCUT2D eigenvalue weighted by Crippen LogP contribution is -2.34. The smallest absolute Gasteiger partial charge is 0.114 e. The van der Waals surface area contributed by atoms with Crippen molar-refractivity contribution in [3.8, 4) is 6.07 Å². The number of nitrogens with zero attached hydrogens (tertiary/aromatic N) is 3. The highest BCUT2D eigenvalue weighted by atomic mass is 32.2. The molecule has 1 aliphatic heterocycles. The number of hydrogen-bond acceptors (Lipinski definition) is 4. The molecular formula is C20H23N3S. The third kappa shape index (κ3) is 4.37. The monoisotopic (exact) mass is 337 g/mol. The standard InChI is InChI=1S/C20H23N3S/c1-24-20-18(14-21)7-8-19(22-20)15-23-11-9-17(10-12-23)13-16-5-3-2-4-6-16/h2-8,17H,9-13,15H2,1H3. The average Bonchev–Trinajstić information content (AvgIpc) is 2.64. The lowest BCUT2D eigenvalue weighted by atomic mass is 9.90. The number of benzene rings is 1. The van der Waals surface area contributed by atoms with E-state index >= 15 is 0 Å². The van der Waals surface area contributed by atoms with E-state index in [0.29, 0.717) is 5.56 Å². The average molecular weight is 337 g/mol. The van der Waals surface area contributed by atoms with E-state index in [1.807, 2.05) is 18.4 Å². The molecule has 1 aromatic heterocycles. The molecule has 1 saturated heterocycles. The highest BCUT2D eigenvalue weighted by molar-refractivity contribution is 7.98. The second-order valence-corrected chi connectivity index (χ2v) is 7.18. The molecule has 3 rings (SSSR count). The van der Waals surface area contributed by atoms with Crippen molar-refractivity contribution in [1.82, 2.24) is 9.88 Å². The number of nitriles is 1. The number of likely N-dealkylation sites (tertiary alicyclic amines) is 1. The molecule has 0 radical (unpaired) electrons. The molecule has 0 amide bonds. The van der Waals surface area contributed by atoms with Crippen LogP contribution in [0.15, 0.2) is 47.5 Å². The molecular weight excluding hydrogens is 314 g/mol. The Kier molecular flexibility index (Phi) is 5.90. The predicted octanol–water partition coefficient (Wildman–Crippen LogP) is 4.13. The summed E-state index contributed by atoms with van der Waals surface area (Å²) >= 11 is 1.55.